The Labute approximate surface area is 168 Å². The molecule has 4 saturated carbocycles. The first-order valence-electron chi connectivity index (χ1n) is 12.2. The van der Waals surface area contributed by atoms with E-state index >= 15 is 0 Å². The van der Waals surface area contributed by atoms with Crippen molar-refractivity contribution in [2.45, 2.75) is 101 Å². The Morgan fingerprint density at radius 2 is 1.37 bits per heavy atom. The lowest BCUT2D eigenvalue weighted by Crippen LogP contribution is -2.45. The van der Waals surface area contributed by atoms with E-state index in [9.17, 15) is 0 Å². The summed E-state index contributed by atoms with van der Waals surface area (Å²) in [6, 6.07) is 11.8. The first kappa shape index (κ1) is 18.5. The second-order valence-electron chi connectivity index (χ2n) is 11.2. The van der Waals surface area contributed by atoms with Crippen molar-refractivity contribution in [3.63, 3.8) is 0 Å². The Balaban J connectivity index is 1.49. The minimum absolute atomic E-state index is 0.878. The number of hydrogen-bond acceptors (Lipinski definition) is 0. The van der Waals surface area contributed by atoms with Crippen LogP contribution in [0.2, 0.25) is 24.2 Å². The molecule has 0 N–H and O–H groups in total. The molecule has 148 valence electrons. The molecule has 5 rings (SSSR count). The van der Waals surface area contributed by atoms with E-state index in [1.54, 1.807) is 37.7 Å². The van der Waals surface area contributed by atoms with Crippen LogP contribution in [0.15, 0.2) is 30.3 Å². The van der Waals surface area contributed by atoms with E-state index < -0.39 is 8.07 Å². The molecule has 0 saturated heterocycles. The van der Waals surface area contributed by atoms with Crippen LogP contribution in [0.4, 0.5) is 0 Å². The average Bonchev–Trinajstić information content (AvgIpc) is 3.31. The molecule has 4 fully saturated rings. The third kappa shape index (κ3) is 3.17. The van der Waals surface area contributed by atoms with Gasteiger partial charge in [-0.1, -0.05) is 108 Å². The Morgan fingerprint density at radius 1 is 0.704 bits per heavy atom. The van der Waals surface area contributed by atoms with Crippen LogP contribution in [0.3, 0.4) is 0 Å². The molecule has 0 nitrogen and oxygen atoms in total. The Morgan fingerprint density at radius 3 is 2.15 bits per heavy atom. The second-order valence-corrected chi connectivity index (χ2v) is 16.3. The van der Waals surface area contributed by atoms with Gasteiger partial charge < -0.3 is 0 Å². The third-order valence-corrected chi connectivity index (χ3v) is 15.0. The summed E-state index contributed by atoms with van der Waals surface area (Å²) in [5, 5.41) is 0. The topological polar surface area (TPSA) is 0 Å². The van der Waals surface area contributed by atoms with Crippen molar-refractivity contribution < 1.29 is 0 Å². The number of fused-ring (bicyclic) bond motifs is 2. The molecule has 0 heterocycles. The highest BCUT2D eigenvalue weighted by Crippen LogP contribution is 2.65. The molecule has 0 aromatic heterocycles. The summed E-state index contributed by atoms with van der Waals surface area (Å²) in [5.41, 5.74) is 3.87. The predicted octanol–water partition coefficient (Wildman–Crippen LogP) is 8.03. The van der Waals surface area contributed by atoms with Crippen molar-refractivity contribution in [1.29, 1.82) is 0 Å². The van der Waals surface area contributed by atoms with Gasteiger partial charge in [0, 0.05) is 0 Å². The molecule has 0 spiro atoms. The Bertz CT molecular complexity index is 635. The van der Waals surface area contributed by atoms with Gasteiger partial charge >= 0.3 is 0 Å². The van der Waals surface area contributed by atoms with Gasteiger partial charge in [0.05, 0.1) is 8.07 Å². The van der Waals surface area contributed by atoms with Gasteiger partial charge in [-0.15, -0.1) is 0 Å². The maximum Gasteiger partial charge on any atom is 0.0547 e. The predicted molar refractivity (Wildman–Crippen MR) is 119 cm³/mol. The lowest BCUT2D eigenvalue weighted by atomic mass is 9.81. The molecule has 0 radical (unpaired) electrons. The first-order chi connectivity index (χ1) is 13.2. The fourth-order valence-electron chi connectivity index (χ4n) is 8.79. The summed E-state index contributed by atoms with van der Waals surface area (Å²) in [6.45, 7) is 5.71. The smallest absolute Gasteiger partial charge is 0.0547 e. The van der Waals surface area contributed by atoms with Gasteiger partial charge in [0.15, 0.2) is 0 Å². The quantitative estimate of drug-likeness (QED) is 0.465. The minimum Gasteiger partial charge on any atom is -0.0689 e. The van der Waals surface area contributed by atoms with Crippen molar-refractivity contribution >= 4 is 8.07 Å². The minimum atomic E-state index is -1.30. The largest absolute Gasteiger partial charge is 0.0689 e. The summed E-state index contributed by atoms with van der Waals surface area (Å²) >= 11 is 0. The van der Waals surface area contributed by atoms with Crippen molar-refractivity contribution in [2.75, 3.05) is 0 Å². The van der Waals surface area contributed by atoms with E-state index in [2.05, 4.69) is 43.4 Å². The highest BCUT2D eigenvalue weighted by Gasteiger charge is 2.56. The molecule has 1 aromatic carbocycles. The van der Waals surface area contributed by atoms with Crippen LogP contribution in [0, 0.1) is 23.7 Å². The van der Waals surface area contributed by atoms with E-state index in [-0.39, 0.29) is 0 Å². The van der Waals surface area contributed by atoms with Crippen LogP contribution in [0.1, 0.15) is 82.1 Å². The van der Waals surface area contributed by atoms with Gasteiger partial charge in [-0.25, -0.2) is 0 Å². The molecule has 0 aliphatic heterocycles. The van der Waals surface area contributed by atoms with E-state index in [0.717, 1.165) is 40.7 Å². The lowest BCUT2D eigenvalue weighted by Gasteiger charge is -2.46. The molecule has 4 aliphatic carbocycles. The summed E-state index contributed by atoms with van der Waals surface area (Å²) in [5.74, 6) is 5.20. The van der Waals surface area contributed by atoms with Gasteiger partial charge in [0.2, 0.25) is 0 Å². The summed E-state index contributed by atoms with van der Waals surface area (Å²) in [6.07, 6.45) is 17.0. The highest BCUT2D eigenvalue weighted by atomic mass is 28.3. The second kappa shape index (κ2) is 7.36. The molecule has 7 unspecified atom stereocenters. The molecule has 1 heteroatoms. The van der Waals surface area contributed by atoms with Gasteiger partial charge in [0.25, 0.3) is 0 Å². The highest BCUT2D eigenvalue weighted by molar-refractivity contribution is 6.80. The van der Waals surface area contributed by atoms with Crippen molar-refractivity contribution in [3.8, 4) is 0 Å². The van der Waals surface area contributed by atoms with Gasteiger partial charge in [0.1, 0.15) is 0 Å². The zero-order valence-electron chi connectivity index (χ0n) is 17.7. The number of rotatable bonds is 3. The molecule has 7 atom stereocenters. The molecule has 0 bridgehead atoms. The van der Waals surface area contributed by atoms with Crippen molar-refractivity contribution in [2.24, 2.45) is 23.7 Å². The molecule has 1 aromatic rings. The summed E-state index contributed by atoms with van der Waals surface area (Å²) in [7, 11) is -1.30. The van der Waals surface area contributed by atoms with E-state index in [1.165, 1.54) is 38.5 Å². The van der Waals surface area contributed by atoms with Crippen LogP contribution in [-0.2, 0) is 0 Å². The zero-order valence-corrected chi connectivity index (χ0v) is 18.7. The standard InChI is InChI=1S/C26H40Si/c1-27(2,25-17-16-20-12-6-8-14-22(20)25)26-23-15-9-7-13-21(23)18-24(26)19-10-4-3-5-11-19/h3-5,10-11,20-26H,6-9,12-18H2,1-2H3. The third-order valence-electron chi connectivity index (χ3n) is 9.79. The van der Waals surface area contributed by atoms with Crippen LogP contribution in [0.5, 0.6) is 0 Å². The van der Waals surface area contributed by atoms with Crippen LogP contribution in [0.25, 0.3) is 0 Å². The van der Waals surface area contributed by atoms with Gasteiger partial charge in [-0.3, -0.25) is 0 Å². The van der Waals surface area contributed by atoms with E-state index in [0.29, 0.717) is 0 Å². The number of benzene rings is 1. The monoisotopic (exact) mass is 380 g/mol. The van der Waals surface area contributed by atoms with Crippen molar-refractivity contribution in [3.05, 3.63) is 35.9 Å². The lowest BCUT2D eigenvalue weighted by molar-refractivity contribution is 0.263. The SMILES string of the molecule is C[Si](C)(C1CCC2CCCCC21)C1C(c2ccccc2)CC2CCCCC21. The van der Waals surface area contributed by atoms with Crippen LogP contribution in [-0.4, -0.2) is 8.07 Å². The molecule has 4 aliphatic rings. The molecule has 27 heavy (non-hydrogen) atoms. The zero-order chi connectivity index (χ0) is 18.4. The number of hydrogen-bond donors (Lipinski definition) is 0. The van der Waals surface area contributed by atoms with E-state index in [4.69, 9.17) is 0 Å². The van der Waals surface area contributed by atoms with Gasteiger partial charge in [-0.2, -0.15) is 0 Å². The Kier molecular flexibility index (Phi) is 5.03. The average molecular weight is 381 g/mol. The maximum atomic E-state index is 2.85. The van der Waals surface area contributed by atoms with Gasteiger partial charge in [-0.05, 0) is 52.7 Å². The molecular weight excluding hydrogens is 340 g/mol. The first-order valence-corrected chi connectivity index (χ1v) is 15.4. The van der Waals surface area contributed by atoms with E-state index in [1.807, 2.05) is 0 Å². The van der Waals surface area contributed by atoms with Crippen molar-refractivity contribution in [1.82, 2.24) is 0 Å². The normalized spacial score (nSPS) is 41.9. The Hall–Kier alpha value is -0.563. The fraction of sp³-hybridized carbons (Fsp3) is 0.769. The van der Waals surface area contributed by atoms with Crippen LogP contribution < -0.4 is 0 Å². The molecule has 0 amide bonds. The fourth-order valence-corrected chi connectivity index (χ4v) is 14.6. The summed E-state index contributed by atoms with van der Waals surface area (Å²) in [4.78, 5) is 0. The van der Waals surface area contributed by atoms with Crippen LogP contribution >= 0.6 is 0 Å². The summed E-state index contributed by atoms with van der Waals surface area (Å²) < 4.78 is 0. The maximum absolute atomic E-state index is 2.85. The molecular formula is C26H40Si.